The highest BCUT2D eigenvalue weighted by molar-refractivity contribution is 9.11. The molecule has 0 bridgehead atoms. The van der Waals surface area contributed by atoms with Crippen LogP contribution >= 0.6 is 47.8 Å². The summed E-state index contributed by atoms with van der Waals surface area (Å²) < 4.78 is 8.51. The molecule has 1 nitrogen and oxygen atoms in total. The molecule has 0 spiro atoms. The minimum Gasteiger partial charge on any atom is -0.464 e. The van der Waals surface area contributed by atoms with Crippen LogP contribution < -0.4 is 0 Å². The van der Waals surface area contributed by atoms with E-state index in [1.54, 1.807) is 6.26 Å². The number of benzene rings is 1. The van der Waals surface area contributed by atoms with Crippen molar-refractivity contribution in [2.24, 2.45) is 0 Å². The third-order valence-electron chi connectivity index (χ3n) is 2.17. The van der Waals surface area contributed by atoms with E-state index in [2.05, 4.69) is 47.8 Å². The number of furan rings is 1. The molecule has 0 aliphatic rings. The minimum absolute atomic E-state index is 0.851. The zero-order valence-corrected chi connectivity index (χ0v) is 12.6. The van der Waals surface area contributed by atoms with Crippen LogP contribution in [0.5, 0.6) is 0 Å². The van der Waals surface area contributed by atoms with Crippen molar-refractivity contribution in [1.82, 2.24) is 0 Å². The smallest absolute Gasteiger partial charge is 0.136 e. The van der Waals surface area contributed by atoms with Crippen LogP contribution in [0.15, 0.2) is 42.3 Å². The van der Waals surface area contributed by atoms with Gasteiger partial charge in [-0.3, -0.25) is 0 Å². The van der Waals surface area contributed by atoms with E-state index >= 15 is 0 Å². The normalized spacial score (nSPS) is 10.7. The SMILES string of the molecule is Cc1c(Br)cc(Br)c(-c2ccco2)c1Br. The Morgan fingerprint density at radius 1 is 1.13 bits per heavy atom. The van der Waals surface area contributed by atoms with Crippen molar-refractivity contribution in [2.45, 2.75) is 6.92 Å². The minimum atomic E-state index is 0.851. The van der Waals surface area contributed by atoms with Crippen molar-refractivity contribution in [2.75, 3.05) is 0 Å². The molecule has 0 N–H and O–H groups in total. The summed E-state index contributed by atoms with van der Waals surface area (Å²) in [6, 6.07) is 5.85. The molecule has 0 aliphatic carbocycles. The van der Waals surface area contributed by atoms with E-state index < -0.39 is 0 Å². The highest BCUT2D eigenvalue weighted by Gasteiger charge is 2.14. The predicted molar refractivity (Wildman–Crippen MR) is 72.0 cm³/mol. The Morgan fingerprint density at radius 3 is 2.47 bits per heavy atom. The second kappa shape index (κ2) is 4.44. The third-order valence-corrected chi connectivity index (χ3v) is 4.61. The van der Waals surface area contributed by atoms with Crippen molar-refractivity contribution in [3.63, 3.8) is 0 Å². The van der Waals surface area contributed by atoms with E-state index in [-0.39, 0.29) is 0 Å². The summed E-state index contributed by atoms with van der Waals surface area (Å²) in [5, 5.41) is 0. The van der Waals surface area contributed by atoms with E-state index in [1.165, 1.54) is 0 Å². The molecule has 2 aromatic rings. The van der Waals surface area contributed by atoms with Gasteiger partial charge in [-0.05, 0) is 62.5 Å². The molecule has 0 fully saturated rings. The summed E-state index contributed by atoms with van der Waals surface area (Å²) in [7, 11) is 0. The van der Waals surface area contributed by atoms with E-state index in [4.69, 9.17) is 4.42 Å². The second-order valence-corrected chi connectivity index (χ2v) is 5.63. The second-order valence-electron chi connectivity index (χ2n) is 3.13. The van der Waals surface area contributed by atoms with Gasteiger partial charge in [0.25, 0.3) is 0 Å². The number of hydrogen-bond donors (Lipinski definition) is 0. The maximum atomic E-state index is 5.40. The highest BCUT2D eigenvalue weighted by atomic mass is 79.9. The van der Waals surface area contributed by atoms with Gasteiger partial charge in [-0.2, -0.15) is 0 Å². The monoisotopic (exact) mass is 392 g/mol. The predicted octanol–water partition coefficient (Wildman–Crippen LogP) is 5.54. The first kappa shape index (κ1) is 11.4. The molecule has 0 radical (unpaired) electrons. The molecule has 15 heavy (non-hydrogen) atoms. The average Bonchev–Trinajstić information content (AvgIpc) is 2.68. The van der Waals surface area contributed by atoms with E-state index in [0.29, 0.717) is 0 Å². The summed E-state index contributed by atoms with van der Waals surface area (Å²) in [6.45, 7) is 2.05. The molecule has 1 aromatic carbocycles. The molecule has 0 aliphatic heterocycles. The quantitative estimate of drug-likeness (QED) is 0.618. The zero-order valence-electron chi connectivity index (χ0n) is 7.85. The van der Waals surface area contributed by atoms with Crippen LogP contribution in [0.2, 0.25) is 0 Å². The van der Waals surface area contributed by atoms with Crippen LogP contribution in [-0.2, 0) is 0 Å². The topological polar surface area (TPSA) is 13.1 Å². The first-order valence-corrected chi connectivity index (χ1v) is 6.67. The molecule has 0 saturated carbocycles. The van der Waals surface area contributed by atoms with Crippen molar-refractivity contribution >= 4 is 47.8 Å². The Morgan fingerprint density at radius 2 is 1.87 bits per heavy atom. The van der Waals surface area contributed by atoms with Gasteiger partial charge in [0.2, 0.25) is 0 Å². The van der Waals surface area contributed by atoms with Gasteiger partial charge in [0, 0.05) is 19.0 Å². The fourth-order valence-electron chi connectivity index (χ4n) is 1.34. The van der Waals surface area contributed by atoms with Crippen LogP contribution in [0.4, 0.5) is 0 Å². The molecule has 2 rings (SSSR count). The van der Waals surface area contributed by atoms with E-state index in [1.807, 2.05) is 25.1 Å². The van der Waals surface area contributed by atoms with Crippen molar-refractivity contribution in [3.8, 4) is 11.3 Å². The molecule has 0 amide bonds. The lowest BCUT2D eigenvalue weighted by atomic mass is 10.1. The molecule has 4 heteroatoms. The Bertz CT molecular complexity index is 489. The maximum Gasteiger partial charge on any atom is 0.136 e. The summed E-state index contributed by atoms with van der Waals surface area (Å²) in [6.07, 6.45) is 1.67. The summed E-state index contributed by atoms with van der Waals surface area (Å²) in [4.78, 5) is 0. The van der Waals surface area contributed by atoms with Gasteiger partial charge in [-0.1, -0.05) is 15.9 Å². The van der Waals surface area contributed by atoms with Crippen LogP contribution in [0, 0.1) is 6.92 Å². The molecular weight excluding hydrogens is 388 g/mol. The van der Waals surface area contributed by atoms with Crippen LogP contribution in [0.25, 0.3) is 11.3 Å². The van der Waals surface area contributed by atoms with Gasteiger partial charge < -0.3 is 4.42 Å². The van der Waals surface area contributed by atoms with Gasteiger partial charge in [-0.15, -0.1) is 0 Å². The fourth-order valence-corrected chi connectivity index (χ4v) is 3.85. The lowest BCUT2D eigenvalue weighted by Crippen LogP contribution is -1.86. The Balaban J connectivity index is 2.72. The first-order valence-electron chi connectivity index (χ1n) is 4.29. The first-order chi connectivity index (χ1) is 7.11. The number of rotatable bonds is 1. The van der Waals surface area contributed by atoms with Crippen LogP contribution in [0.1, 0.15) is 5.56 Å². The van der Waals surface area contributed by atoms with Gasteiger partial charge in [0.05, 0.1) is 6.26 Å². The molecule has 0 atom stereocenters. The van der Waals surface area contributed by atoms with Gasteiger partial charge >= 0.3 is 0 Å². The van der Waals surface area contributed by atoms with Crippen molar-refractivity contribution < 1.29 is 4.42 Å². The molecule has 1 heterocycles. The van der Waals surface area contributed by atoms with Crippen molar-refractivity contribution in [3.05, 3.63) is 43.4 Å². The molecule has 0 unspecified atom stereocenters. The van der Waals surface area contributed by atoms with E-state index in [9.17, 15) is 0 Å². The highest BCUT2D eigenvalue weighted by Crippen LogP contribution is 2.40. The standard InChI is InChI=1S/C11H7Br3O/c1-6-7(12)5-8(13)10(11(6)14)9-3-2-4-15-9/h2-5H,1H3. The van der Waals surface area contributed by atoms with Crippen LogP contribution in [-0.4, -0.2) is 0 Å². The maximum absolute atomic E-state index is 5.40. The summed E-state index contributed by atoms with van der Waals surface area (Å²) >= 11 is 10.6. The Hall–Kier alpha value is -0.0600. The molecule has 0 saturated heterocycles. The lowest BCUT2D eigenvalue weighted by molar-refractivity contribution is 0.581. The van der Waals surface area contributed by atoms with Crippen LogP contribution in [0.3, 0.4) is 0 Å². The van der Waals surface area contributed by atoms with Crippen molar-refractivity contribution in [1.29, 1.82) is 0 Å². The largest absolute Gasteiger partial charge is 0.464 e. The zero-order chi connectivity index (χ0) is 11.0. The Kier molecular flexibility index (Phi) is 3.38. The summed E-state index contributed by atoms with van der Waals surface area (Å²) in [5.74, 6) is 0.851. The number of halogens is 3. The van der Waals surface area contributed by atoms with E-state index in [0.717, 1.165) is 30.3 Å². The van der Waals surface area contributed by atoms with Gasteiger partial charge in [-0.25, -0.2) is 0 Å². The third kappa shape index (κ3) is 2.08. The summed E-state index contributed by atoms with van der Waals surface area (Å²) in [5.41, 5.74) is 2.20. The molecule has 1 aromatic heterocycles. The van der Waals surface area contributed by atoms with Gasteiger partial charge in [0.1, 0.15) is 5.76 Å². The number of hydrogen-bond acceptors (Lipinski definition) is 1. The lowest BCUT2D eigenvalue weighted by Gasteiger charge is -2.09. The fraction of sp³-hybridized carbons (Fsp3) is 0.0909. The van der Waals surface area contributed by atoms with Gasteiger partial charge in [0.15, 0.2) is 0 Å². The molecular formula is C11H7Br3O. The Labute approximate surface area is 113 Å². The molecule has 78 valence electrons. The average molecular weight is 395 g/mol.